The molecule has 2 heterocycles. The van der Waals surface area contributed by atoms with Crippen LogP contribution in [0.4, 0.5) is 18.9 Å². The smallest absolute Gasteiger partial charge is 0.333 e. The van der Waals surface area contributed by atoms with E-state index in [0.29, 0.717) is 16.1 Å². The number of rotatable bonds is 6. The van der Waals surface area contributed by atoms with E-state index in [-0.39, 0.29) is 25.5 Å². The molecule has 0 atom stereocenters. The van der Waals surface area contributed by atoms with Gasteiger partial charge in [-0.15, -0.1) is 12.4 Å². The number of nitrogens with one attached hydrogen (secondary N) is 1. The Balaban J connectivity index is 0.00000200. The fraction of sp³-hybridized carbons (Fsp3) is 0.455. The molecular formula is C11H15ClF3N5. The molecule has 0 aromatic carbocycles. The lowest BCUT2D eigenvalue weighted by Crippen LogP contribution is -2.10. The summed E-state index contributed by atoms with van der Waals surface area (Å²) in [5.41, 5.74) is 1.82. The fourth-order valence-electron chi connectivity index (χ4n) is 1.77. The van der Waals surface area contributed by atoms with Crippen LogP contribution in [0.3, 0.4) is 0 Å². The molecule has 0 aliphatic rings. The Kier molecular flexibility index (Phi) is 5.87. The van der Waals surface area contributed by atoms with Crippen LogP contribution in [0, 0.1) is 6.92 Å². The van der Waals surface area contributed by atoms with Crippen molar-refractivity contribution in [3.63, 3.8) is 0 Å². The SMILES string of the molecule is Cc1c(NCc2ccnn2C(F)F)cnn1CCF.Cl. The zero-order valence-electron chi connectivity index (χ0n) is 10.8. The van der Waals surface area contributed by atoms with E-state index in [1.54, 1.807) is 13.1 Å². The van der Waals surface area contributed by atoms with Gasteiger partial charge < -0.3 is 5.32 Å². The van der Waals surface area contributed by atoms with E-state index in [1.165, 1.54) is 16.9 Å². The lowest BCUT2D eigenvalue weighted by atomic mass is 10.3. The zero-order chi connectivity index (χ0) is 13.8. The first-order chi connectivity index (χ1) is 9.13. The molecule has 0 saturated heterocycles. The molecule has 5 nitrogen and oxygen atoms in total. The summed E-state index contributed by atoms with van der Waals surface area (Å²) in [5, 5.41) is 10.5. The summed E-state index contributed by atoms with van der Waals surface area (Å²) < 4.78 is 39.6. The maximum Gasteiger partial charge on any atom is 0.333 e. The summed E-state index contributed by atoms with van der Waals surface area (Å²) in [7, 11) is 0. The molecule has 0 aliphatic heterocycles. The van der Waals surface area contributed by atoms with Crippen LogP contribution in [0.2, 0.25) is 0 Å². The molecule has 0 spiro atoms. The van der Waals surface area contributed by atoms with Gasteiger partial charge in [0, 0.05) is 6.20 Å². The molecule has 2 rings (SSSR count). The van der Waals surface area contributed by atoms with Crippen molar-refractivity contribution >= 4 is 18.1 Å². The first-order valence-corrected chi connectivity index (χ1v) is 5.76. The predicted molar refractivity (Wildman–Crippen MR) is 71.0 cm³/mol. The minimum atomic E-state index is -2.66. The Morgan fingerprint density at radius 1 is 1.35 bits per heavy atom. The van der Waals surface area contributed by atoms with Crippen molar-refractivity contribution < 1.29 is 13.2 Å². The van der Waals surface area contributed by atoms with Crippen molar-refractivity contribution in [1.82, 2.24) is 19.6 Å². The topological polar surface area (TPSA) is 47.7 Å². The van der Waals surface area contributed by atoms with Gasteiger partial charge in [-0.1, -0.05) is 0 Å². The maximum atomic E-state index is 12.6. The Bertz CT molecular complexity index is 540. The van der Waals surface area contributed by atoms with Gasteiger partial charge in [0.15, 0.2) is 0 Å². The van der Waals surface area contributed by atoms with Gasteiger partial charge in [-0.3, -0.25) is 4.68 Å². The van der Waals surface area contributed by atoms with E-state index in [9.17, 15) is 13.2 Å². The minimum Gasteiger partial charge on any atom is -0.377 e. The molecule has 1 N–H and O–H groups in total. The third-order valence-corrected chi connectivity index (χ3v) is 2.80. The second kappa shape index (κ2) is 7.18. The molecular weight excluding hydrogens is 295 g/mol. The molecule has 2 aromatic rings. The average Bonchev–Trinajstić information content (AvgIpc) is 2.96. The quantitative estimate of drug-likeness (QED) is 0.892. The van der Waals surface area contributed by atoms with Crippen LogP contribution in [0.15, 0.2) is 18.5 Å². The fourth-order valence-corrected chi connectivity index (χ4v) is 1.77. The molecule has 0 aliphatic carbocycles. The van der Waals surface area contributed by atoms with Gasteiger partial charge in [-0.25, -0.2) is 9.07 Å². The van der Waals surface area contributed by atoms with Crippen LogP contribution < -0.4 is 5.32 Å². The van der Waals surface area contributed by atoms with Gasteiger partial charge in [0.05, 0.1) is 36.4 Å². The van der Waals surface area contributed by atoms with Crippen LogP contribution in [-0.2, 0) is 13.1 Å². The molecule has 0 radical (unpaired) electrons. The van der Waals surface area contributed by atoms with Crippen LogP contribution in [0.5, 0.6) is 0 Å². The Morgan fingerprint density at radius 2 is 2.10 bits per heavy atom. The molecule has 0 bridgehead atoms. The van der Waals surface area contributed by atoms with Crippen molar-refractivity contribution in [2.75, 3.05) is 12.0 Å². The summed E-state index contributed by atoms with van der Waals surface area (Å²) >= 11 is 0. The highest BCUT2D eigenvalue weighted by molar-refractivity contribution is 5.85. The predicted octanol–water partition coefficient (Wildman–Crippen LogP) is 2.79. The number of hydrogen-bond acceptors (Lipinski definition) is 3. The number of aryl methyl sites for hydroxylation is 1. The van der Waals surface area contributed by atoms with E-state index in [0.717, 1.165) is 5.69 Å². The number of nitrogens with zero attached hydrogens (tertiary/aromatic N) is 4. The van der Waals surface area contributed by atoms with E-state index in [1.807, 2.05) is 0 Å². The van der Waals surface area contributed by atoms with Crippen LogP contribution in [0.1, 0.15) is 17.9 Å². The molecule has 112 valence electrons. The third kappa shape index (κ3) is 3.44. The van der Waals surface area contributed by atoms with Crippen molar-refractivity contribution in [1.29, 1.82) is 0 Å². The maximum absolute atomic E-state index is 12.6. The summed E-state index contributed by atoms with van der Waals surface area (Å²) in [6.45, 7) is -0.994. The van der Waals surface area contributed by atoms with Crippen molar-refractivity contribution in [3.8, 4) is 0 Å². The minimum absolute atomic E-state index is 0. The summed E-state index contributed by atoms with van der Waals surface area (Å²) in [5.74, 6) is 0. The highest BCUT2D eigenvalue weighted by Crippen LogP contribution is 2.17. The number of hydrogen-bond donors (Lipinski definition) is 1. The highest BCUT2D eigenvalue weighted by Gasteiger charge is 2.12. The molecule has 0 amide bonds. The zero-order valence-corrected chi connectivity index (χ0v) is 11.6. The Labute approximate surface area is 120 Å². The molecule has 20 heavy (non-hydrogen) atoms. The van der Waals surface area contributed by atoms with Crippen molar-refractivity contribution in [2.45, 2.75) is 26.6 Å². The molecule has 0 fully saturated rings. The van der Waals surface area contributed by atoms with Gasteiger partial charge in [0.2, 0.25) is 0 Å². The summed E-state index contributed by atoms with van der Waals surface area (Å²) in [6.07, 6.45) is 2.87. The van der Waals surface area contributed by atoms with Crippen molar-refractivity contribution in [2.24, 2.45) is 0 Å². The second-order valence-corrected chi connectivity index (χ2v) is 3.95. The van der Waals surface area contributed by atoms with E-state index in [4.69, 9.17) is 0 Å². The number of alkyl halides is 3. The molecule has 9 heteroatoms. The normalized spacial score (nSPS) is 10.7. The number of aromatic nitrogens is 4. The van der Waals surface area contributed by atoms with Crippen LogP contribution >= 0.6 is 12.4 Å². The largest absolute Gasteiger partial charge is 0.377 e. The Morgan fingerprint density at radius 3 is 2.75 bits per heavy atom. The standard InChI is InChI=1S/C11H14F3N5.ClH/c1-8-10(7-17-18(8)5-3-12)15-6-9-2-4-16-19(9)11(13)14;/h2,4,7,11,15H,3,5-6H2,1H3;1H. The number of anilines is 1. The number of halogens is 4. The average molecular weight is 310 g/mol. The lowest BCUT2D eigenvalue weighted by Gasteiger charge is -2.08. The monoisotopic (exact) mass is 309 g/mol. The third-order valence-electron chi connectivity index (χ3n) is 2.80. The first-order valence-electron chi connectivity index (χ1n) is 5.76. The summed E-state index contributed by atoms with van der Waals surface area (Å²) in [4.78, 5) is 0. The highest BCUT2D eigenvalue weighted by atomic mass is 35.5. The second-order valence-electron chi connectivity index (χ2n) is 3.95. The van der Waals surface area contributed by atoms with Crippen molar-refractivity contribution in [3.05, 3.63) is 29.8 Å². The first kappa shape index (κ1) is 16.4. The van der Waals surface area contributed by atoms with E-state index in [2.05, 4.69) is 15.5 Å². The van der Waals surface area contributed by atoms with Gasteiger partial charge >= 0.3 is 6.55 Å². The van der Waals surface area contributed by atoms with Gasteiger partial charge in [0.25, 0.3) is 0 Å². The molecule has 0 unspecified atom stereocenters. The van der Waals surface area contributed by atoms with E-state index < -0.39 is 13.2 Å². The van der Waals surface area contributed by atoms with Crippen LogP contribution in [-0.4, -0.2) is 26.2 Å². The van der Waals surface area contributed by atoms with Gasteiger partial charge in [-0.2, -0.15) is 19.0 Å². The van der Waals surface area contributed by atoms with E-state index >= 15 is 0 Å². The van der Waals surface area contributed by atoms with Gasteiger partial charge in [-0.05, 0) is 13.0 Å². The van der Waals surface area contributed by atoms with Gasteiger partial charge in [0.1, 0.15) is 6.67 Å². The lowest BCUT2D eigenvalue weighted by molar-refractivity contribution is 0.0537. The summed E-state index contributed by atoms with van der Waals surface area (Å²) in [6, 6.07) is 1.51. The van der Waals surface area contributed by atoms with Crippen LogP contribution in [0.25, 0.3) is 0 Å². The Hall–Kier alpha value is -1.70. The molecule has 2 aromatic heterocycles. The molecule has 0 saturated carbocycles.